The second-order valence-electron chi connectivity index (χ2n) is 4.96. The molecule has 2 aromatic rings. The van der Waals surface area contributed by atoms with Gasteiger partial charge in [-0.05, 0) is 13.1 Å². The van der Waals surface area contributed by atoms with Gasteiger partial charge < -0.3 is 14.8 Å². The number of hydrogen-bond donors (Lipinski definition) is 1. The molecule has 1 aromatic carbocycles. The largest absolute Gasteiger partial charge is 0.349 e. The Hall–Kier alpha value is -1.66. The molecule has 106 valence electrons. The zero-order valence-electron chi connectivity index (χ0n) is 11.0. The van der Waals surface area contributed by atoms with Crippen LogP contribution in [0.4, 0.5) is 10.2 Å². The summed E-state index contributed by atoms with van der Waals surface area (Å²) in [6.07, 6.45) is 0. The van der Waals surface area contributed by atoms with Crippen LogP contribution < -0.4 is 10.5 Å². The summed E-state index contributed by atoms with van der Waals surface area (Å²) >= 11 is 5.76. The van der Waals surface area contributed by atoms with Gasteiger partial charge in [-0.2, -0.15) is 0 Å². The highest BCUT2D eigenvalue weighted by molar-refractivity contribution is 6.31. The number of nitrogens with one attached hydrogen (secondary N) is 1. The molecule has 0 spiro atoms. The number of piperazine rings is 1. The first-order valence-corrected chi connectivity index (χ1v) is 6.75. The van der Waals surface area contributed by atoms with Crippen molar-refractivity contribution >= 4 is 28.5 Å². The molecule has 1 aliphatic heterocycles. The van der Waals surface area contributed by atoms with E-state index in [1.54, 1.807) is 0 Å². The van der Waals surface area contributed by atoms with Crippen molar-refractivity contribution in [2.45, 2.75) is 0 Å². The number of likely N-dealkylation sites (N-methyl/N-ethyl adjacent to an activating group) is 1. The average molecular weight is 297 g/mol. The normalized spacial score (nSPS) is 16.9. The van der Waals surface area contributed by atoms with Gasteiger partial charge in [0.05, 0.1) is 16.1 Å². The van der Waals surface area contributed by atoms with Gasteiger partial charge in [0.25, 0.3) is 5.56 Å². The molecule has 1 saturated heterocycles. The highest BCUT2D eigenvalue weighted by Gasteiger charge is 2.19. The summed E-state index contributed by atoms with van der Waals surface area (Å²) in [6, 6.07) is 2.63. The van der Waals surface area contributed by atoms with Gasteiger partial charge in [0.15, 0.2) is 5.82 Å². The van der Waals surface area contributed by atoms with Crippen molar-refractivity contribution in [3.8, 4) is 0 Å². The van der Waals surface area contributed by atoms with Crippen LogP contribution in [0.15, 0.2) is 16.9 Å². The van der Waals surface area contributed by atoms with E-state index < -0.39 is 5.82 Å². The summed E-state index contributed by atoms with van der Waals surface area (Å²) in [5.41, 5.74) is 0.545. The minimum Gasteiger partial charge on any atom is -0.349 e. The zero-order valence-corrected chi connectivity index (χ0v) is 11.7. The van der Waals surface area contributed by atoms with E-state index in [0.29, 0.717) is 16.9 Å². The van der Waals surface area contributed by atoms with Crippen LogP contribution in [-0.4, -0.2) is 48.1 Å². The summed E-state index contributed by atoms with van der Waals surface area (Å²) in [5.74, 6) is -0.197. The van der Waals surface area contributed by atoms with E-state index in [9.17, 15) is 9.18 Å². The Bertz CT molecular complexity index is 709. The van der Waals surface area contributed by atoms with Crippen molar-refractivity contribution in [1.82, 2.24) is 14.9 Å². The number of H-pyrrole nitrogens is 1. The van der Waals surface area contributed by atoms with Crippen molar-refractivity contribution in [2.24, 2.45) is 0 Å². The first-order chi connectivity index (χ1) is 9.54. The van der Waals surface area contributed by atoms with E-state index in [1.807, 2.05) is 11.9 Å². The fourth-order valence-corrected chi connectivity index (χ4v) is 2.46. The molecule has 3 rings (SSSR count). The smallest absolute Gasteiger partial charge is 0.291 e. The van der Waals surface area contributed by atoms with Gasteiger partial charge in [0.2, 0.25) is 0 Å². The molecule has 7 heteroatoms. The molecule has 0 atom stereocenters. The van der Waals surface area contributed by atoms with Crippen LogP contribution in [0.1, 0.15) is 0 Å². The number of benzene rings is 1. The van der Waals surface area contributed by atoms with Crippen LogP contribution in [0, 0.1) is 5.82 Å². The van der Waals surface area contributed by atoms with E-state index in [2.05, 4.69) is 14.9 Å². The van der Waals surface area contributed by atoms with E-state index >= 15 is 0 Å². The van der Waals surface area contributed by atoms with E-state index in [1.165, 1.54) is 12.1 Å². The first-order valence-electron chi connectivity index (χ1n) is 6.37. The third kappa shape index (κ3) is 2.36. The van der Waals surface area contributed by atoms with E-state index in [0.717, 1.165) is 26.2 Å². The average Bonchev–Trinajstić information content (AvgIpc) is 2.41. The van der Waals surface area contributed by atoms with E-state index in [4.69, 9.17) is 11.6 Å². The van der Waals surface area contributed by atoms with Crippen LogP contribution in [-0.2, 0) is 0 Å². The third-order valence-corrected chi connectivity index (χ3v) is 3.81. The number of hydrogen-bond acceptors (Lipinski definition) is 4. The minimum absolute atomic E-state index is 0.00127. The minimum atomic E-state index is -0.566. The Balaban J connectivity index is 2.05. The molecule has 20 heavy (non-hydrogen) atoms. The third-order valence-electron chi connectivity index (χ3n) is 3.52. The van der Waals surface area contributed by atoms with Gasteiger partial charge in [-0.3, -0.25) is 4.79 Å². The van der Waals surface area contributed by atoms with Gasteiger partial charge in [-0.15, -0.1) is 0 Å². The predicted molar refractivity (Wildman–Crippen MR) is 77.0 cm³/mol. The molecule has 0 unspecified atom stereocenters. The lowest BCUT2D eigenvalue weighted by atomic mass is 10.3. The molecule has 0 saturated carbocycles. The van der Waals surface area contributed by atoms with Crippen LogP contribution in [0.2, 0.25) is 5.02 Å². The van der Waals surface area contributed by atoms with E-state index in [-0.39, 0.29) is 10.6 Å². The summed E-state index contributed by atoms with van der Waals surface area (Å²) in [4.78, 5) is 23.2. The molecule has 1 aromatic heterocycles. The summed E-state index contributed by atoms with van der Waals surface area (Å²) in [6.45, 7) is 3.24. The Kier molecular flexibility index (Phi) is 3.35. The zero-order chi connectivity index (χ0) is 14.3. The monoisotopic (exact) mass is 296 g/mol. The summed E-state index contributed by atoms with van der Waals surface area (Å²) in [5, 5.41) is 0.00127. The molecule has 0 bridgehead atoms. The number of nitrogens with zero attached hydrogens (tertiary/aromatic N) is 3. The maximum Gasteiger partial charge on any atom is 0.291 e. The van der Waals surface area contributed by atoms with Crippen molar-refractivity contribution < 1.29 is 4.39 Å². The lowest BCUT2D eigenvalue weighted by molar-refractivity contribution is 0.312. The molecule has 2 heterocycles. The molecule has 1 N–H and O–H groups in total. The Morgan fingerprint density at radius 2 is 2.00 bits per heavy atom. The lowest BCUT2D eigenvalue weighted by Crippen LogP contribution is -2.46. The fraction of sp³-hybridized carbons (Fsp3) is 0.385. The van der Waals surface area contributed by atoms with Crippen molar-refractivity contribution in [3.63, 3.8) is 0 Å². The number of aromatic nitrogens is 2. The number of halogens is 2. The SMILES string of the molecule is CN1CCN(c2nc3cc(Cl)c(F)cc3[nH]c2=O)CC1. The Labute approximate surface area is 120 Å². The lowest BCUT2D eigenvalue weighted by Gasteiger charge is -2.32. The molecular formula is C13H14ClFN4O. The van der Waals surface area contributed by atoms with Gasteiger partial charge >= 0.3 is 0 Å². The highest BCUT2D eigenvalue weighted by Crippen LogP contribution is 2.21. The van der Waals surface area contributed by atoms with Crippen molar-refractivity contribution in [3.05, 3.63) is 33.3 Å². The van der Waals surface area contributed by atoms with Crippen molar-refractivity contribution in [2.75, 3.05) is 38.1 Å². The number of rotatable bonds is 1. The van der Waals surface area contributed by atoms with Crippen LogP contribution in [0.5, 0.6) is 0 Å². The predicted octanol–water partition coefficient (Wildman–Crippen LogP) is 1.47. The first kappa shape index (κ1) is 13.3. The molecule has 0 amide bonds. The van der Waals surface area contributed by atoms with Gasteiger partial charge in [0, 0.05) is 32.2 Å². The Morgan fingerprint density at radius 3 is 2.70 bits per heavy atom. The number of anilines is 1. The van der Waals surface area contributed by atoms with Gasteiger partial charge in [-0.25, -0.2) is 9.37 Å². The molecular weight excluding hydrogens is 283 g/mol. The highest BCUT2D eigenvalue weighted by atomic mass is 35.5. The summed E-state index contributed by atoms with van der Waals surface area (Å²) < 4.78 is 13.4. The molecule has 1 fully saturated rings. The number of fused-ring (bicyclic) bond motifs is 1. The van der Waals surface area contributed by atoms with Crippen LogP contribution in [0.25, 0.3) is 11.0 Å². The summed E-state index contributed by atoms with van der Waals surface area (Å²) in [7, 11) is 2.04. The van der Waals surface area contributed by atoms with Crippen LogP contribution >= 0.6 is 11.6 Å². The molecule has 0 radical (unpaired) electrons. The Morgan fingerprint density at radius 1 is 1.30 bits per heavy atom. The molecule has 1 aliphatic rings. The maximum absolute atomic E-state index is 13.4. The van der Waals surface area contributed by atoms with Crippen molar-refractivity contribution in [1.29, 1.82) is 0 Å². The molecule has 5 nitrogen and oxygen atoms in total. The quantitative estimate of drug-likeness (QED) is 0.866. The topological polar surface area (TPSA) is 52.2 Å². The second kappa shape index (κ2) is 5.03. The second-order valence-corrected chi connectivity index (χ2v) is 5.37. The standard InChI is InChI=1S/C13H14ClFN4O/c1-18-2-4-19(5-3-18)12-13(20)17-11-7-9(15)8(14)6-10(11)16-12/h6-7H,2-5H2,1H3,(H,17,20). The fourth-order valence-electron chi connectivity index (χ4n) is 2.30. The maximum atomic E-state index is 13.4. The van der Waals surface area contributed by atoms with Gasteiger partial charge in [-0.1, -0.05) is 11.6 Å². The van der Waals surface area contributed by atoms with Gasteiger partial charge in [0.1, 0.15) is 5.82 Å². The molecule has 0 aliphatic carbocycles. The number of aromatic amines is 1. The van der Waals surface area contributed by atoms with Crippen LogP contribution in [0.3, 0.4) is 0 Å².